The maximum atomic E-state index is 13.6. The molecule has 168 valence electrons. The summed E-state index contributed by atoms with van der Waals surface area (Å²) in [5.41, 5.74) is 9.84. The molecular weight excluding hydrogens is 449 g/mol. The molecule has 0 aliphatic heterocycles. The summed E-state index contributed by atoms with van der Waals surface area (Å²) in [6.07, 6.45) is 0. The van der Waals surface area contributed by atoms with Gasteiger partial charge in [0.15, 0.2) is 0 Å². The predicted octanol–water partition coefficient (Wildman–Crippen LogP) is 6.46. The molecular formula is C27H20FN3O2S. The van der Waals surface area contributed by atoms with Crippen molar-refractivity contribution < 1.29 is 9.13 Å². The van der Waals surface area contributed by atoms with E-state index in [-0.39, 0.29) is 16.9 Å². The van der Waals surface area contributed by atoms with E-state index in [0.717, 1.165) is 17.0 Å². The van der Waals surface area contributed by atoms with Gasteiger partial charge in [-0.1, -0.05) is 53.8 Å². The number of nitrogen functional groups attached to an aromatic ring is 1. The van der Waals surface area contributed by atoms with Gasteiger partial charge in [-0.15, -0.1) is 0 Å². The molecule has 34 heavy (non-hydrogen) atoms. The summed E-state index contributed by atoms with van der Waals surface area (Å²) in [4.78, 5) is 18.8. The zero-order chi connectivity index (χ0) is 23.7. The van der Waals surface area contributed by atoms with Crippen molar-refractivity contribution in [3.8, 4) is 28.1 Å². The molecule has 0 bridgehead atoms. The standard InChI is InChI=1S/C27H20FN3O2S/c1-33-20-13-11-19(12-14-20)30-27-24(29)25(32)23-21(16-7-9-18(28)10-8-16)15-22(31-26(23)34-27)17-5-3-2-4-6-17/h2-15,30H,29H2,1H3. The third kappa shape index (κ3) is 4.09. The summed E-state index contributed by atoms with van der Waals surface area (Å²) < 4.78 is 18.8. The molecule has 5 rings (SSSR count). The first-order valence-electron chi connectivity index (χ1n) is 10.5. The van der Waals surface area contributed by atoms with Gasteiger partial charge in [0, 0.05) is 11.3 Å². The van der Waals surface area contributed by atoms with Crippen molar-refractivity contribution in [1.29, 1.82) is 0 Å². The van der Waals surface area contributed by atoms with Crippen LogP contribution in [0.5, 0.6) is 5.75 Å². The average Bonchev–Trinajstić information content (AvgIpc) is 2.88. The Morgan fingerprint density at radius 3 is 2.32 bits per heavy atom. The van der Waals surface area contributed by atoms with Crippen molar-refractivity contribution in [1.82, 2.24) is 4.98 Å². The Morgan fingerprint density at radius 2 is 1.65 bits per heavy atom. The van der Waals surface area contributed by atoms with E-state index in [9.17, 15) is 9.18 Å². The molecule has 0 spiro atoms. The Balaban J connectivity index is 1.72. The van der Waals surface area contributed by atoms with Gasteiger partial charge in [0.2, 0.25) is 5.43 Å². The van der Waals surface area contributed by atoms with Gasteiger partial charge in [-0.25, -0.2) is 9.37 Å². The molecule has 0 unspecified atom stereocenters. The number of nitrogens with zero attached hydrogens (tertiary/aromatic N) is 1. The molecule has 2 aromatic heterocycles. The van der Waals surface area contributed by atoms with Crippen LogP contribution in [0.15, 0.2) is 89.7 Å². The van der Waals surface area contributed by atoms with Crippen LogP contribution in [0.1, 0.15) is 0 Å². The zero-order valence-electron chi connectivity index (χ0n) is 18.2. The number of methoxy groups -OCH3 is 1. The first kappa shape index (κ1) is 21.6. The van der Waals surface area contributed by atoms with E-state index in [1.54, 1.807) is 19.2 Å². The lowest BCUT2D eigenvalue weighted by Gasteiger charge is -2.13. The summed E-state index contributed by atoms with van der Waals surface area (Å²) in [7, 11) is 1.60. The van der Waals surface area contributed by atoms with E-state index in [0.29, 0.717) is 32.0 Å². The Bertz CT molecular complexity index is 1530. The van der Waals surface area contributed by atoms with Crippen LogP contribution in [0.2, 0.25) is 0 Å². The normalized spacial score (nSPS) is 10.9. The van der Waals surface area contributed by atoms with Crippen molar-refractivity contribution >= 4 is 37.9 Å². The van der Waals surface area contributed by atoms with E-state index in [1.807, 2.05) is 60.7 Å². The molecule has 0 saturated heterocycles. The summed E-state index contributed by atoms with van der Waals surface area (Å²) in [6, 6.07) is 25.0. The van der Waals surface area contributed by atoms with E-state index in [2.05, 4.69) is 5.32 Å². The number of ether oxygens (including phenoxy) is 1. The number of halogens is 1. The van der Waals surface area contributed by atoms with Crippen LogP contribution >= 0.6 is 11.3 Å². The van der Waals surface area contributed by atoms with Gasteiger partial charge in [0.25, 0.3) is 0 Å². The van der Waals surface area contributed by atoms with Crippen LogP contribution in [0.25, 0.3) is 32.6 Å². The highest BCUT2D eigenvalue weighted by molar-refractivity contribution is 7.22. The van der Waals surface area contributed by atoms with Gasteiger partial charge in [0.05, 0.1) is 18.2 Å². The van der Waals surface area contributed by atoms with Crippen LogP contribution in [-0.2, 0) is 0 Å². The largest absolute Gasteiger partial charge is 0.497 e. The predicted molar refractivity (Wildman–Crippen MR) is 137 cm³/mol. The van der Waals surface area contributed by atoms with Crippen LogP contribution < -0.4 is 21.2 Å². The molecule has 3 aromatic carbocycles. The number of nitrogens with two attached hydrogens (primary N) is 1. The Hall–Kier alpha value is -4.23. The first-order chi connectivity index (χ1) is 16.5. The maximum Gasteiger partial charge on any atom is 0.215 e. The highest BCUT2D eigenvalue weighted by Gasteiger charge is 2.18. The number of hydrogen-bond donors (Lipinski definition) is 2. The van der Waals surface area contributed by atoms with Crippen molar-refractivity contribution in [2.45, 2.75) is 0 Å². The number of fused-ring (bicyclic) bond motifs is 1. The minimum Gasteiger partial charge on any atom is -0.497 e. The van der Waals surface area contributed by atoms with Crippen molar-refractivity contribution in [3.05, 3.63) is 101 Å². The fourth-order valence-electron chi connectivity index (χ4n) is 3.72. The number of benzene rings is 3. The third-order valence-corrected chi connectivity index (χ3v) is 6.49. The fraction of sp³-hybridized carbons (Fsp3) is 0.0370. The van der Waals surface area contributed by atoms with Gasteiger partial charge >= 0.3 is 0 Å². The summed E-state index contributed by atoms with van der Waals surface area (Å²) in [5.74, 6) is 0.379. The monoisotopic (exact) mass is 469 g/mol. The van der Waals surface area contributed by atoms with Crippen LogP contribution in [0, 0.1) is 5.82 Å². The molecule has 7 heteroatoms. The van der Waals surface area contributed by atoms with Gasteiger partial charge in [-0.2, -0.15) is 0 Å². The molecule has 2 heterocycles. The third-order valence-electron chi connectivity index (χ3n) is 5.47. The number of pyridine rings is 1. The minimum atomic E-state index is -0.346. The Labute approximate surface area is 199 Å². The highest BCUT2D eigenvalue weighted by atomic mass is 32.1. The topological polar surface area (TPSA) is 77.2 Å². The second-order valence-electron chi connectivity index (χ2n) is 7.64. The molecule has 0 aliphatic carbocycles. The van der Waals surface area contributed by atoms with Gasteiger partial charge < -0.3 is 15.8 Å². The number of hydrogen-bond acceptors (Lipinski definition) is 6. The van der Waals surface area contributed by atoms with Gasteiger partial charge in [-0.05, 0) is 53.6 Å². The second-order valence-corrected chi connectivity index (χ2v) is 8.63. The highest BCUT2D eigenvalue weighted by Crippen LogP contribution is 2.37. The fourth-order valence-corrected chi connectivity index (χ4v) is 4.73. The maximum absolute atomic E-state index is 13.6. The van der Waals surface area contributed by atoms with Crippen molar-refractivity contribution in [2.24, 2.45) is 0 Å². The lowest BCUT2D eigenvalue weighted by atomic mass is 10.00. The van der Waals surface area contributed by atoms with E-state index >= 15 is 0 Å². The van der Waals surface area contributed by atoms with Crippen LogP contribution in [0.4, 0.5) is 20.8 Å². The van der Waals surface area contributed by atoms with Crippen LogP contribution in [-0.4, -0.2) is 12.1 Å². The molecule has 0 aliphatic rings. The minimum absolute atomic E-state index is 0.103. The number of rotatable bonds is 5. The SMILES string of the molecule is COc1ccc(Nc2sc3nc(-c4ccccc4)cc(-c4ccc(F)cc4)c3c(=O)c2N)cc1. The van der Waals surface area contributed by atoms with Crippen molar-refractivity contribution in [3.63, 3.8) is 0 Å². The van der Waals surface area contributed by atoms with Gasteiger partial charge in [0.1, 0.15) is 27.1 Å². The molecule has 3 N–H and O–H groups in total. The summed E-state index contributed by atoms with van der Waals surface area (Å²) in [6.45, 7) is 0. The average molecular weight is 470 g/mol. The first-order valence-corrected chi connectivity index (χ1v) is 11.3. The quantitative estimate of drug-likeness (QED) is 0.309. The van der Waals surface area contributed by atoms with E-state index in [1.165, 1.54) is 23.5 Å². The second kappa shape index (κ2) is 8.96. The molecule has 0 fully saturated rings. The molecule has 5 nitrogen and oxygen atoms in total. The lowest BCUT2D eigenvalue weighted by molar-refractivity contribution is 0.415. The lowest BCUT2D eigenvalue weighted by Crippen LogP contribution is -2.12. The number of aromatic nitrogens is 1. The zero-order valence-corrected chi connectivity index (χ0v) is 19.0. The molecule has 0 radical (unpaired) electrons. The number of anilines is 3. The molecule has 0 saturated carbocycles. The van der Waals surface area contributed by atoms with Crippen molar-refractivity contribution in [2.75, 3.05) is 18.2 Å². The summed E-state index contributed by atoms with van der Waals surface area (Å²) >= 11 is 1.30. The Kier molecular flexibility index (Phi) is 5.69. The number of nitrogens with one attached hydrogen (secondary N) is 1. The molecule has 0 amide bonds. The summed E-state index contributed by atoms with van der Waals surface area (Å²) in [5, 5.41) is 4.15. The van der Waals surface area contributed by atoms with E-state index in [4.69, 9.17) is 15.5 Å². The van der Waals surface area contributed by atoms with Crippen LogP contribution in [0.3, 0.4) is 0 Å². The van der Waals surface area contributed by atoms with E-state index < -0.39 is 0 Å². The molecule has 0 atom stereocenters. The molecule has 5 aromatic rings. The Morgan fingerprint density at radius 1 is 0.941 bits per heavy atom. The smallest absolute Gasteiger partial charge is 0.215 e. The van der Waals surface area contributed by atoms with Gasteiger partial charge in [-0.3, -0.25) is 4.79 Å².